The molecule has 0 aromatic carbocycles. The fourth-order valence-electron chi connectivity index (χ4n) is 2.58. The number of pyridine rings is 1. The number of urea groups is 1. The highest BCUT2D eigenvalue weighted by molar-refractivity contribution is 5.74. The lowest BCUT2D eigenvalue weighted by Gasteiger charge is -2.20. The minimum absolute atomic E-state index is 0.139. The predicted octanol–water partition coefficient (Wildman–Crippen LogP) is 1.54. The minimum atomic E-state index is -0.304. The van der Waals surface area contributed by atoms with Gasteiger partial charge in [0.15, 0.2) is 5.82 Å². The third-order valence-corrected chi connectivity index (χ3v) is 3.80. The minimum Gasteiger partial charge on any atom is -0.336 e. The van der Waals surface area contributed by atoms with Crippen LogP contribution in [0, 0.1) is 0 Å². The molecule has 1 aliphatic rings. The Hall–Kier alpha value is -2.64. The zero-order valence-electron chi connectivity index (χ0n) is 14.8. The van der Waals surface area contributed by atoms with Gasteiger partial charge in [0.25, 0.3) is 0 Å². The van der Waals surface area contributed by atoms with Gasteiger partial charge in [-0.25, -0.2) is 14.3 Å². The number of hydrogen-bond acceptors (Lipinski definition) is 4. The second-order valence-electron chi connectivity index (χ2n) is 7.30. The molecule has 0 radical (unpaired) electrons. The van der Waals surface area contributed by atoms with Crippen molar-refractivity contribution in [3.63, 3.8) is 0 Å². The van der Waals surface area contributed by atoms with E-state index >= 15 is 0 Å². The van der Waals surface area contributed by atoms with Crippen molar-refractivity contribution in [3.8, 4) is 11.4 Å². The van der Waals surface area contributed by atoms with Crippen LogP contribution in [-0.2, 0) is 6.54 Å². The summed E-state index contributed by atoms with van der Waals surface area (Å²) in [6.07, 6.45) is 5.38. The van der Waals surface area contributed by atoms with E-state index < -0.39 is 0 Å². The number of nitrogens with one attached hydrogen (secondary N) is 2. The maximum atomic E-state index is 12.7. The highest BCUT2D eigenvalue weighted by atomic mass is 16.2. The van der Waals surface area contributed by atoms with Crippen molar-refractivity contribution in [3.05, 3.63) is 35.0 Å². The van der Waals surface area contributed by atoms with Crippen LogP contribution in [0.4, 0.5) is 4.79 Å². The maximum absolute atomic E-state index is 12.7. The fraction of sp³-hybridized carbons (Fsp3) is 0.529. The van der Waals surface area contributed by atoms with E-state index in [1.54, 1.807) is 17.0 Å². The molecule has 3 rings (SSSR count). The van der Waals surface area contributed by atoms with Gasteiger partial charge < -0.3 is 10.6 Å². The molecule has 2 heterocycles. The van der Waals surface area contributed by atoms with Crippen molar-refractivity contribution in [1.29, 1.82) is 0 Å². The van der Waals surface area contributed by atoms with E-state index in [-0.39, 0.29) is 23.3 Å². The van der Waals surface area contributed by atoms with E-state index in [1.807, 2.05) is 32.9 Å². The van der Waals surface area contributed by atoms with Crippen LogP contribution in [-0.4, -0.2) is 37.4 Å². The lowest BCUT2D eigenvalue weighted by Crippen LogP contribution is -2.47. The lowest BCUT2D eigenvalue weighted by atomic mass is 10.1. The summed E-state index contributed by atoms with van der Waals surface area (Å²) < 4.78 is 3.16. The van der Waals surface area contributed by atoms with Crippen molar-refractivity contribution in [2.75, 3.05) is 6.54 Å². The molecule has 0 aliphatic heterocycles. The number of carbonyl (C=O) groups excluding carboxylic acids is 1. The molecule has 1 aliphatic carbocycles. The first-order chi connectivity index (χ1) is 11.8. The summed E-state index contributed by atoms with van der Waals surface area (Å²) in [6, 6.07) is 3.69. The Morgan fingerprint density at radius 1 is 1.36 bits per heavy atom. The number of carbonyl (C=O) groups is 1. The second kappa shape index (κ2) is 6.70. The van der Waals surface area contributed by atoms with E-state index in [0.29, 0.717) is 18.9 Å². The molecule has 8 nitrogen and oxygen atoms in total. The van der Waals surface area contributed by atoms with Crippen LogP contribution >= 0.6 is 0 Å². The van der Waals surface area contributed by atoms with Gasteiger partial charge in [-0.05, 0) is 45.7 Å². The Labute approximate surface area is 146 Å². The molecule has 0 bridgehead atoms. The van der Waals surface area contributed by atoms with Crippen molar-refractivity contribution in [2.45, 2.75) is 51.7 Å². The van der Waals surface area contributed by atoms with Gasteiger partial charge in [-0.15, -0.1) is 5.10 Å². The van der Waals surface area contributed by atoms with Gasteiger partial charge in [0.05, 0.1) is 6.54 Å². The molecule has 0 spiro atoms. The van der Waals surface area contributed by atoms with E-state index in [1.165, 1.54) is 4.68 Å². The van der Waals surface area contributed by atoms with Crippen LogP contribution in [0.5, 0.6) is 0 Å². The SMILES string of the molecule is CC(C)(C)NC(=O)NCCn1nc(-c2cccnc2)n(C2CC2)c1=O. The van der Waals surface area contributed by atoms with Gasteiger partial charge in [0.2, 0.25) is 0 Å². The zero-order chi connectivity index (χ0) is 18.0. The summed E-state index contributed by atoms with van der Waals surface area (Å²) in [6.45, 7) is 6.39. The molecular weight excluding hydrogens is 320 g/mol. The molecule has 2 N–H and O–H groups in total. The van der Waals surface area contributed by atoms with E-state index in [4.69, 9.17) is 0 Å². The molecule has 1 fully saturated rings. The summed E-state index contributed by atoms with van der Waals surface area (Å²) >= 11 is 0. The van der Waals surface area contributed by atoms with Gasteiger partial charge in [0.1, 0.15) is 0 Å². The van der Waals surface area contributed by atoms with Crippen LogP contribution in [0.3, 0.4) is 0 Å². The predicted molar refractivity (Wildman–Crippen MR) is 94.3 cm³/mol. The van der Waals surface area contributed by atoms with E-state index in [9.17, 15) is 9.59 Å². The topological polar surface area (TPSA) is 93.8 Å². The normalized spacial score (nSPS) is 14.4. The van der Waals surface area contributed by atoms with Crippen molar-refractivity contribution in [1.82, 2.24) is 30.0 Å². The quantitative estimate of drug-likeness (QED) is 0.860. The first kappa shape index (κ1) is 17.2. The van der Waals surface area contributed by atoms with Crippen LogP contribution < -0.4 is 16.3 Å². The molecule has 8 heteroatoms. The molecule has 0 saturated heterocycles. The standard InChI is InChI=1S/C17H24N6O2/c1-17(2,3)20-15(24)19-9-10-22-16(25)23(13-6-7-13)14(21-22)12-5-4-8-18-11-12/h4-5,8,11,13H,6-7,9-10H2,1-3H3,(H2,19,20,24). The number of rotatable bonds is 5. The van der Waals surface area contributed by atoms with Crippen LogP contribution in [0.15, 0.2) is 29.3 Å². The Kier molecular flexibility index (Phi) is 4.61. The van der Waals surface area contributed by atoms with Crippen LogP contribution in [0.2, 0.25) is 0 Å². The van der Waals surface area contributed by atoms with E-state index in [0.717, 1.165) is 18.4 Å². The number of amides is 2. The van der Waals surface area contributed by atoms with E-state index in [2.05, 4.69) is 20.7 Å². The highest BCUT2D eigenvalue weighted by Crippen LogP contribution is 2.36. The Balaban J connectivity index is 1.73. The summed E-state index contributed by atoms with van der Waals surface area (Å²) in [5.41, 5.74) is 0.380. The number of aromatic nitrogens is 4. The first-order valence-electron chi connectivity index (χ1n) is 8.51. The van der Waals surface area contributed by atoms with Gasteiger partial charge in [-0.1, -0.05) is 0 Å². The fourth-order valence-corrected chi connectivity index (χ4v) is 2.58. The highest BCUT2D eigenvalue weighted by Gasteiger charge is 2.30. The smallest absolute Gasteiger partial charge is 0.336 e. The molecule has 2 aromatic rings. The second-order valence-corrected chi connectivity index (χ2v) is 7.30. The number of nitrogens with zero attached hydrogens (tertiary/aromatic N) is 4. The van der Waals surface area contributed by atoms with Gasteiger partial charge >= 0.3 is 11.7 Å². The van der Waals surface area contributed by atoms with Crippen LogP contribution in [0.25, 0.3) is 11.4 Å². The third-order valence-electron chi connectivity index (χ3n) is 3.80. The molecular formula is C17H24N6O2. The summed E-state index contributed by atoms with van der Waals surface area (Å²) in [4.78, 5) is 28.6. The summed E-state index contributed by atoms with van der Waals surface area (Å²) in [5.74, 6) is 0.639. The Bertz CT molecular complexity index is 799. The van der Waals surface area contributed by atoms with Crippen molar-refractivity contribution in [2.24, 2.45) is 0 Å². The number of hydrogen-bond donors (Lipinski definition) is 2. The molecule has 134 valence electrons. The van der Waals surface area contributed by atoms with Gasteiger partial charge in [-0.2, -0.15) is 0 Å². The monoisotopic (exact) mass is 344 g/mol. The molecule has 0 unspecified atom stereocenters. The molecule has 0 atom stereocenters. The van der Waals surface area contributed by atoms with Gasteiger partial charge in [-0.3, -0.25) is 9.55 Å². The summed E-state index contributed by atoms with van der Waals surface area (Å²) in [5, 5.41) is 10.0. The molecule has 2 aromatic heterocycles. The third kappa shape index (κ3) is 4.26. The first-order valence-corrected chi connectivity index (χ1v) is 8.51. The Morgan fingerprint density at radius 2 is 2.12 bits per heavy atom. The lowest BCUT2D eigenvalue weighted by molar-refractivity contribution is 0.231. The largest absolute Gasteiger partial charge is 0.346 e. The molecule has 25 heavy (non-hydrogen) atoms. The average molecular weight is 344 g/mol. The van der Waals surface area contributed by atoms with Crippen molar-refractivity contribution >= 4 is 6.03 Å². The summed E-state index contributed by atoms with van der Waals surface area (Å²) in [7, 11) is 0. The average Bonchev–Trinajstić information content (AvgIpc) is 3.31. The molecule has 1 saturated carbocycles. The zero-order valence-corrected chi connectivity index (χ0v) is 14.8. The van der Waals surface area contributed by atoms with Crippen LogP contribution in [0.1, 0.15) is 39.7 Å². The maximum Gasteiger partial charge on any atom is 0.346 e. The van der Waals surface area contributed by atoms with Gasteiger partial charge in [0, 0.05) is 36.1 Å². The Morgan fingerprint density at radius 3 is 2.72 bits per heavy atom. The molecule has 2 amide bonds. The van der Waals surface area contributed by atoms with Crippen molar-refractivity contribution < 1.29 is 4.79 Å².